The van der Waals surface area contributed by atoms with Gasteiger partial charge in [0.2, 0.25) is 5.95 Å². The van der Waals surface area contributed by atoms with E-state index in [9.17, 15) is 4.79 Å². The Hall–Kier alpha value is -2.71. The molecule has 2 heterocycles. The number of carbonyl (C=O) groups excluding carboxylic acids is 1. The van der Waals surface area contributed by atoms with Crippen molar-refractivity contribution in [3.63, 3.8) is 0 Å². The lowest BCUT2D eigenvalue weighted by Gasteiger charge is -1.99. The van der Waals surface area contributed by atoms with Gasteiger partial charge in [0.1, 0.15) is 5.82 Å². The number of anilines is 1. The monoisotopic (exact) mass is 367 g/mol. The molecule has 4 rings (SSSR count). The third-order valence-corrected chi connectivity index (χ3v) is 5.59. The Morgan fingerprint density at radius 2 is 1.88 bits per heavy atom. The van der Waals surface area contributed by atoms with Crippen LogP contribution in [-0.2, 0) is 5.75 Å². The van der Waals surface area contributed by atoms with Gasteiger partial charge in [-0.1, -0.05) is 42.1 Å². The van der Waals surface area contributed by atoms with Crippen molar-refractivity contribution in [3.8, 4) is 0 Å². The standard InChI is InChI=1S/C17H13N5OS2/c23-15(11-6-2-1-3-7-11)20-16-19-14(21-22-16)10-24-17-18-12-8-4-5-9-13(12)25-17/h1-9H,10H2,(H2,19,20,21,22,23). The van der Waals surface area contributed by atoms with Crippen LogP contribution in [0.4, 0.5) is 5.95 Å². The van der Waals surface area contributed by atoms with E-state index in [1.165, 1.54) is 4.70 Å². The maximum atomic E-state index is 12.1. The Morgan fingerprint density at radius 1 is 1.08 bits per heavy atom. The summed E-state index contributed by atoms with van der Waals surface area (Å²) in [5.41, 5.74) is 1.57. The maximum Gasteiger partial charge on any atom is 0.258 e. The molecule has 25 heavy (non-hydrogen) atoms. The fraction of sp³-hybridized carbons (Fsp3) is 0.0588. The third kappa shape index (κ3) is 3.70. The van der Waals surface area contributed by atoms with E-state index in [2.05, 4.69) is 31.5 Å². The van der Waals surface area contributed by atoms with E-state index in [4.69, 9.17) is 0 Å². The molecule has 2 aromatic heterocycles. The molecule has 4 aromatic rings. The number of aromatic amines is 1. The predicted molar refractivity (Wildman–Crippen MR) is 100.0 cm³/mol. The number of para-hydroxylation sites is 1. The molecule has 0 aliphatic heterocycles. The Morgan fingerprint density at radius 3 is 2.72 bits per heavy atom. The first-order valence-corrected chi connectivity index (χ1v) is 9.34. The number of hydrogen-bond acceptors (Lipinski definition) is 6. The van der Waals surface area contributed by atoms with Gasteiger partial charge in [0, 0.05) is 5.56 Å². The molecule has 1 amide bonds. The number of benzene rings is 2. The number of amides is 1. The van der Waals surface area contributed by atoms with Gasteiger partial charge in [-0.3, -0.25) is 15.2 Å². The summed E-state index contributed by atoms with van der Waals surface area (Å²) in [7, 11) is 0. The lowest BCUT2D eigenvalue weighted by Crippen LogP contribution is -2.12. The molecule has 6 nitrogen and oxygen atoms in total. The summed E-state index contributed by atoms with van der Waals surface area (Å²) in [6.07, 6.45) is 0. The summed E-state index contributed by atoms with van der Waals surface area (Å²) >= 11 is 3.24. The maximum absolute atomic E-state index is 12.1. The third-order valence-electron chi connectivity index (χ3n) is 3.40. The van der Waals surface area contributed by atoms with E-state index < -0.39 is 0 Å². The molecule has 2 aromatic carbocycles. The highest BCUT2D eigenvalue weighted by Crippen LogP contribution is 2.30. The quantitative estimate of drug-likeness (QED) is 0.522. The van der Waals surface area contributed by atoms with Gasteiger partial charge in [0.05, 0.1) is 16.0 Å². The topological polar surface area (TPSA) is 83.6 Å². The SMILES string of the molecule is O=C(Nc1n[nH]c(CSc2nc3ccccc3s2)n1)c1ccccc1. The van der Waals surface area contributed by atoms with Crippen LogP contribution in [0.5, 0.6) is 0 Å². The summed E-state index contributed by atoms with van der Waals surface area (Å²) in [5.74, 6) is 1.33. The molecule has 2 N–H and O–H groups in total. The van der Waals surface area contributed by atoms with E-state index in [1.807, 2.05) is 36.4 Å². The van der Waals surface area contributed by atoms with Gasteiger partial charge in [0.15, 0.2) is 4.34 Å². The number of carbonyl (C=O) groups is 1. The molecule has 8 heteroatoms. The molecule has 0 saturated carbocycles. The second kappa shape index (κ2) is 7.04. The molecule has 124 valence electrons. The minimum atomic E-state index is -0.232. The van der Waals surface area contributed by atoms with Gasteiger partial charge >= 0.3 is 0 Å². The molecule has 0 unspecified atom stereocenters. The number of nitrogens with one attached hydrogen (secondary N) is 2. The van der Waals surface area contributed by atoms with Crippen LogP contribution in [0.3, 0.4) is 0 Å². The largest absolute Gasteiger partial charge is 0.289 e. The van der Waals surface area contributed by atoms with Crippen LogP contribution in [0.15, 0.2) is 58.9 Å². The van der Waals surface area contributed by atoms with Crippen LogP contribution in [0.25, 0.3) is 10.2 Å². The first-order valence-electron chi connectivity index (χ1n) is 7.54. The van der Waals surface area contributed by atoms with Gasteiger partial charge < -0.3 is 0 Å². The molecule has 0 aliphatic carbocycles. The van der Waals surface area contributed by atoms with Gasteiger partial charge in [-0.15, -0.1) is 16.4 Å². The van der Waals surface area contributed by atoms with Gasteiger partial charge in [-0.05, 0) is 24.3 Å². The number of fused-ring (bicyclic) bond motifs is 1. The molecule has 0 fully saturated rings. The van der Waals surface area contributed by atoms with E-state index in [1.54, 1.807) is 35.2 Å². The lowest BCUT2D eigenvalue weighted by molar-refractivity contribution is 0.102. The number of nitrogens with zero attached hydrogens (tertiary/aromatic N) is 3. The molecule has 0 bridgehead atoms. The minimum Gasteiger partial charge on any atom is -0.289 e. The Balaban J connectivity index is 1.39. The van der Waals surface area contributed by atoms with Crippen molar-refractivity contribution in [2.45, 2.75) is 10.1 Å². The number of hydrogen-bond donors (Lipinski definition) is 2. The smallest absolute Gasteiger partial charge is 0.258 e. The van der Waals surface area contributed by atoms with E-state index >= 15 is 0 Å². The van der Waals surface area contributed by atoms with Crippen molar-refractivity contribution >= 4 is 45.2 Å². The molecule has 0 spiro atoms. The van der Waals surface area contributed by atoms with Crippen molar-refractivity contribution in [1.29, 1.82) is 0 Å². The molecule has 0 saturated heterocycles. The van der Waals surface area contributed by atoms with Crippen LogP contribution >= 0.6 is 23.1 Å². The zero-order chi connectivity index (χ0) is 17.1. The van der Waals surface area contributed by atoms with Gasteiger partial charge in [0.25, 0.3) is 5.91 Å². The summed E-state index contributed by atoms with van der Waals surface area (Å²) in [6.45, 7) is 0. The fourth-order valence-corrected chi connectivity index (χ4v) is 4.15. The van der Waals surface area contributed by atoms with Crippen molar-refractivity contribution in [1.82, 2.24) is 20.2 Å². The van der Waals surface area contributed by atoms with Crippen LogP contribution < -0.4 is 5.32 Å². The first kappa shape index (κ1) is 15.8. The number of H-pyrrole nitrogens is 1. The van der Waals surface area contributed by atoms with E-state index in [0.717, 1.165) is 9.86 Å². The Labute approximate surface area is 151 Å². The Bertz CT molecular complexity index is 979. The van der Waals surface area contributed by atoms with Crippen molar-refractivity contribution < 1.29 is 4.79 Å². The van der Waals surface area contributed by atoms with Crippen LogP contribution in [0.1, 0.15) is 16.2 Å². The average Bonchev–Trinajstić information content (AvgIpc) is 3.26. The zero-order valence-corrected chi connectivity index (χ0v) is 14.6. The average molecular weight is 367 g/mol. The second-order valence-electron chi connectivity index (χ2n) is 5.16. The number of thioether (sulfide) groups is 1. The van der Waals surface area contributed by atoms with Gasteiger partial charge in [-0.2, -0.15) is 4.98 Å². The van der Waals surface area contributed by atoms with Crippen molar-refractivity contribution in [2.24, 2.45) is 0 Å². The summed E-state index contributed by atoms with van der Waals surface area (Å²) in [6, 6.07) is 17.0. The summed E-state index contributed by atoms with van der Waals surface area (Å²) in [4.78, 5) is 21.0. The highest BCUT2D eigenvalue weighted by molar-refractivity contribution is 8.00. The highest BCUT2D eigenvalue weighted by Gasteiger charge is 2.10. The summed E-state index contributed by atoms with van der Waals surface area (Å²) in [5, 5.41) is 9.57. The molecular weight excluding hydrogens is 354 g/mol. The molecule has 0 aliphatic rings. The summed E-state index contributed by atoms with van der Waals surface area (Å²) < 4.78 is 2.14. The fourth-order valence-electron chi connectivity index (χ4n) is 2.22. The Kier molecular flexibility index (Phi) is 4.45. The predicted octanol–water partition coefficient (Wildman–Crippen LogP) is 3.96. The minimum absolute atomic E-state index is 0.232. The van der Waals surface area contributed by atoms with Crippen molar-refractivity contribution in [2.75, 3.05) is 5.32 Å². The zero-order valence-electron chi connectivity index (χ0n) is 13.0. The number of thiazole rings is 1. The van der Waals surface area contributed by atoms with Crippen molar-refractivity contribution in [3.05, 3.63) is 66.0 Å². The van der Waals surface area contributed by atoms with E-state index in [-0.39, 0.29) is 11.9 Å². The number of aromatic nitrogens is 4. The molecular formula is C17H13N5OS2. The van der Waals surface area contributed by atoms with Crippen LogP contribution in [0.2, 0.25) is 0 Å². The lowest BCUT2D eigenvalue weighted by atomic mass is 10.2. The van der Waals surface area contributed by atoms with Crippen LogP contribution in [0, 0.1) is 0 Å². The second-order valence-corrected chi connectivity index (χ2v) is 7.42. The van der Waals surface area contributed by atoms with Gasteiger partial charge in [-0.25, -0.2) is 4.98 Å². The molecule has 0 atom stereocenters. The first-order chi connectivity index (χ1) is 12.3. The number of rotatable bonds is 5. The molecule has 0 radical (unpaired) electrons. The van der Waals surface area contributed by atoms with E-state index in [0.29, 0.717) is 17.1 Å². The normalized spacial score (nSPS) is 10.9. The van der Waals surface area contributed by atoms with Crippen LogP contribution in [-0.4, -0.2) is 26.1 Å². The highest BCUT2D eigenvalue weighted by atomic mass is 32.2.